The molecule has 0 bridgehead atoms. The second-order valence-electron chi connectivity index (χ2n) is 5.60. The van der Waals surface area contributed by atoms with Gasteiger partial charge in [-0.15, -0.1) is 0 Å². The number of aromatic nitrogens is 1. The molecule has 0 radical (unpaired) electrons. The second-order valence-corrected chi connectivity index (χ2v) is 5.60. The van der Waals surface area contributed by atoms with Crippen LogP contribution in [0, 0.1) is 0 Å². The van der Waals surface area contributed by atoms with Gasteiger partial charge in [0.05, 0.1) is 25.0 Å². The number of benzene rings is 2. The third kappa shape index (κ3) is 4.00. The van der Waals surface area contributed by atoms with Gasteiger partial charge in [-0.3, -0.25) is 0 Å². The number of hydrogen-bond donors (Lipinski definition) is 1. The average molecular weight is 339 g/mol. The molecule has 0 saturated heterocycles. The number of nitrogens with zero attached hydrogens (tertiary/aromatic N) is 1. The Bertz CT molecular complexity index is 811. The Kier molecular flexibility index (Phi) is 5.36. The first-order valence-corrected chi connectivity index (χ1v) is 8.20. The van der Waals surface area contributed by atoms with Gasteiger partial charge in [0.2, 0.25) is 5.89 Å². The van der Waals surface area contributed by atoms with E-state index in [-0.39, 0.29) is 6.61 Å². The number of methoxy groups -OCH3 is 1. The molecule has 0 fully saturated rings. The number of hydrogen-bond acceptors (Lipinski definition) is 5. The van der Waals surface area contributed by atoms with Crippen molar-refractivity contribution in [2.45, 2.75) is 26.1 Å². The van der Waals surface area contributed by atoms with E-state index in [1.807, 2.05) is 55.5 Å². The van der Waals surface area contributed by atoms with E-state index in [1.165, 1.54) is 0 Å². The lowest BCUT2D eigenvalue weighted by molar-refractivity contribution is 0.173. The third-order valence-electron chi connectivity index (χ3n) is 3.94. The molecular formula is C20H21NO4. The first-order valence-electron chi connectivity index (χ1n) is 8.20. The molecule has 130 valence electrons. The fourth-order valence-electron chi connectivity index (χ4n) is 2.52. The van der Waals surface area contributed by atoms with Gasteiger partial charge in [-0.2, -0.15) is 0 Å². The monoisotopic (exact) mass is 339 g/mol. The molecule has 25 heavy (non-hydrogen) atoms. The smallest absolute Gasteiger partial charge is 0.232 e. The Labute approximate surface area is 146 Å². The molecule has 5 heteroatoms. The maximum atomic E-state index is 9.81. The molecule has 0 aliphatic rings. The summed E-state index contributed by atoms with van der Waals surface area (Å²) in [6.07, 6.45) is 1.91. The molecule has 0 saturated carbocycles. The summed E-state index contributed by atoms with van der Waals surface area (Å²) in [5.41, 5.74) is 1.73. The summed E-state index contributed by atoms with van der Waals surface area (Å²) in [6.45, 7) is 2.17. The van der Waals surface area contributed by atoms with Crippen molar-refractivity contribution in [3.05, 3.63) is 66.2 Å². The molecule has 1 aromatic heterocycles. The molecule has 1 N–H and O–H groups in total. The normalized spacial score (nSPS) is 12.0. The van der Waals surface area contributed by atoms with Crippen LogP contribution >= 0.6 is 0 Å². The van der Waals surface area contributed by atoms with Gasteiger partial charge in [0.25, 0.3) is 0 Å². The molecule has 1 atom stereocenters. The van der Waals surface area contributed by atoms with Crippen LogP contribution in [0.3, 0.4) is 0 Å². The summed E-state index contributed by atoms with van der Waals surface area (Å²) in [6, 6.07) is 15.0. The minimum Gasteiger partial charge on any atom is -0.496 e. The van der Waals surface area contributed by atoms with Gasteiger partial charge < -0.3 is 19.0 Å². The Hall–Kier alpha value is -2.79. The number of oxazole rings is 1. The van der Waals surface area contributed by atoms with Gasteiger partial charge in [0.15, 0.2) is 12.4 Å². The zero-order chi connectivity index (χ0) is 17.6. The van der Waals surface area contributed by atoms with Crippen molar-refractivity contribution >= 4 is 0 Å². The van der Waals surface area contributed by atoms with Crippen molar-refractivity contribution < 1.29 is 19.0 Å². The molecule has 0 spiro atoms. The van der Waals surface area contributed by atoms with E-state index in [4.69, 9.17) is 13.9 Å². The zero-order valence-corrected chi connectivity index (χ0v) is 14.3. The van der Waals surface area contributed by atoms with E-state index in [2.05, 4.69) is 4.98 Å². The van der Waals surface area contributed by atoms with Gasteiger partial charge >= 0.3 is 0 Å². The van der Waals surface area contributed by atoms with Crippen molar-refractivity contribution in [3.8, 4) is 22.8 Å². The third-order valence-corrected chi connectivity index (χ3v) is 3.94. The van der Waals surface area contributed by atoms with Crippen LogP contribution in [0.4, 0.5) is 0 Å². The van der Waals surface area contributed by atoms with Crippen LogP contribution in [0.2, 0.25) is 0 Å². The summed E-state index contributed by atoms with van der Waals surface area (Å²) < 4.78 is 16.8. The minimum atomic E-state index is -0.441. The van der Waals surface area contributed by atoms with Crippen molar-refractivity contribution in [3.63, 3.8) is 0 Å². The van der Waals surface area contributed by atoms with Gasteiger partial charge in [-0.05, 0) is 36.2 Å². The molecular weight excluding hydrogens is 318 g/mol. The highest BCUT2D eigenvalue weighted by atomic mass is 16.5. The number of aliphatic hydroxyl groups excluding tert-OH is 1. The van der Waals surface area contributed by atoms with Crippen molar-refractivity contribution in [2.75, 3.05) is 7.11 Å². The van der Waals surface area contributed by atoms with E-state index < -0.39 is 6.10 Å². The Balaban J connectivity index is 1.66. The van der Waals surface area contributed by atoms with Crippen LogP contribution in [0.1, 0.15) is 30.9 Å². The van der Waals surface area contributed by atoms with Crippen LogP contribution in [0.5, 0.6) is 11.5 Å². The van der Waals surface area contributed by atoms with Crippen LogP contribution in [0.25, 0.3) is 11.3 Å². The second kappa shape index (κ2) is 7.85. The summed E-state index contributed by atoms with van der Waals surface area (Å²) >= 11 is 0. The molecule has 2 aromatic carbocycles. The SMILES string of the molecule is CC[C@@H](O)c1ccc(OCc2ncc(-c3ccccc3OC)o2)cc1. The lowest BCUT2D eigenvalue weighted by Gasteiger charge is -2.09. The van der Waals surface area contributed by atoms with E-state index >= 15 is 0 Å². The Morgan fingerprint density at radius 1 is 1.12 bits per heavy atom. The first-order chi connectivity index (χ1) is 12.2. The van der Waals surface area contributed by atoms with E-state index in [1.54, 1.807) is 13.3 Å². The highest BCUT2D eigenvalue weighted by Gasteiger charge is 2.11. The Morgan fingerprint density at radius 2 is 1.88 bits per heavy atom. The number of rotatable bonds is 7. The maximum Gasteiger partial charge on any atom is 0.232 e. The highest BCUT2D eigenvalue weighted by Crippen LogP contribution is 2.30. The number of aliphatic hydroxyl groups is 1. The van der Waals surface area contributed by atoms with Crippen LogP contribution in [-0.4, -0.2) is 17.2 Å². The van der Waals surface area contributed by atoms with E-state index in [0.29, 0.717) is 23.8 Å². The molecule has 0 amide bonds. The fraction of sp³-hybridized carbons (Fsp3) is 0.250. The summed E-state index contributed by atoms with van der Waals surface area (Å²) in [5.74, 6) is 2.55. The van der Waals surface area contributed by atoms with Crippen LogP contribution < -0.4 is 9.47 Å². The lowest BCUT2D eigenvalue weighted by atomic mass is 10.1. The van der Waals surface area contributed by atoms with Gasteiger partial charge in [0.1, 0.15) is 11.5 Å². The number of para-hydroxylation sites is 1. The molecule has 0 aliphatic heterocycles. The average Bonchev–Trinajstić information content (AvgIpc) is 3.15. The van der Waals surface area contributed by atoms with Crippen LogP contribution in [-0.2, 0) is 6.61 Å². The molecule has 0 unspecified atom stereocenters. The van der Waals surface area contributed by atoms with Crippen LogP contribution in [0.15, 0.2) is 59.1 Å². The zero-order valence-electron chi connectivity index (χ0n) is 14.3. The van der Waals surface area contributed by atoms with Crippen molar-refractivity contribution in [1.82, 2.24) is 4.98 Å². The van der Waals surface area contributed by atoms with E-state index in [0.717, 1.165) is 16.9 Å². The highest BCUT2D eigenvalue weighted by molar-refractivity contribution is 5.64. The first kappa shape index (κ1) is 17.0. The summed E-state index contributed by atoms with van der Waals surface area (Å²) in [7, 11) is 1.62. The summed E-state index contributed by atoms with van der Waals surface area (Å²) in [4.78, 5) is 4.25. The lowest BCUT2D eigenvalue weighted by Crippen LogP contribution is -1.97. The predicted octanol–water partition coefficient (Wildman–Crippen LogP) is 4.37. The topological polar surface area (TPSA) is 64.7 Å². The number of ether oxygens (including phenoxy) is 2. The quantitative estimate of drug-likeness (QED) is 0.692. The maximum absolute atomic E-state index is 9.81. The van der Waals surface area contributed by atoms with Gasteiger partial charge in [0, 0.05) is 0 Å². The van der Waals surface area contributed by atoms with E-state index in [9.17, 15) is 5.11 Å². The van der Waals surface area contributed by atoms with Crippen molar-refractivity contribution in [1.29, 1.82) is 0 Å². The molecule has 5 nitrogen and oxygen atoms in total. The molecule has 1 heterocycles. The van der Waals surface area contributed by atoms with Gasteiger partial charge in [-0.1, -0.05) is 31.2 Å². The standard InChI is InChI=1S/C20H21NO4/c1-3-17(22)14-8-10-15(11-9-14)24-13-20-21-12-19(25-20)16-6-4-5-7-18(16)23-2/h4-12,17,22H,3,13H2,1-2H3/t17-/m1/s1. The molecule has 3 rings (SSSR count). The largest absolute Gasteiger partial charge is 0.496 e. The minimum absolute atomic E-state index is 0.227. The molecule has 0 aliphatic carbocycles. The van der Waals surface area contributed by atoms with Gasteiger partial charge in [-0.25, -0.2) is 4.98 Å². The van der Waals surface area contributed by atoms with Crippen molar-refractivity contribution in [2.24, 2.45) is 0 Å². The predicted molar refractivity (Wildman–Crippen MR) is 94.5 cm³/mol. The fourth-order valence-corrected chi connectivity index (χ4v) is 2.52. The summed E-state index contributed by atoms with van der Waals surface area (Å²) in [5, 5.41) is 9.81. The Morgan fingerprint density at radius 3 is 2.60 bits per heavy atom. The molecule has 3 aromatic rings.